The topological polar surface area (TPSA) is 56.7 Å². The van der Waals surface area contributed by atoms with Crippen LogP contribution in [0, 0.1) is 5.41 Å². The van der Waals surface area contributed by atoms with Gasteiger partial charge >= 0.3 is 0 Å². The minimum absolute atomic E-state index is 0.208. The lowest BCUT2D eigenvalue weighted by molar-refractivity contribution is 0.137. The summed E-state index contributed by atoms with van der Waals surface area (Å²) in [6.07, 6.45) is 9.33. The SMILES string of the molecule is CCNC(=NCC1(CCO)CCCCC1)NCCCc1ccccc1. The van der Waals surface area contributed by atoms with Gasteiger partial charge in [-0.2, -0.15) is 0 Å². The van der Waals surface area contributed by atoms with Gasteiger partial charge in [-0.1, -0.05) is 49.6 Å². The lowest BCUT2D eigenvalue weighted by Gasteiger charge is -2.35. The Bertz CT molecular complexity index is 490. The first-order valence-corrected chi connectivity index (χ1v) is 9.95. The second-order valence-corrected chi connectivity index (χ2v) is 7.25. The van der Waals surface area contributed by atoms with Gasteiger partial charge in [0, 0.05) is 26.2 Å². The van der Waals surface area contributed by atoms with Gasteiger partial charge in [-0.25, -0.2) is 0 Å². The van der Waals surface area contributed by atoms with Gasteiger partial charge in [0.15, 0.2) is 5.96 Å². The summed E-state index contributed by atoms with van der Waals surface area (Å²) in [5.74, 6) is 0.915. The van der Waals surface area contributed by atoms with Gasteiger partial charge < -0.3 is 15.7 Å². The Hall–Kier alpha value is -1.55. The molecule has 1 aromatic carbocycles. The summed E-state index contributed by atoms with van der Waals surface area (Å²) in [5.41, 5.74) is 1.59. The Balaban J connectivity index is 1.82. The molecule has 4 heteroatoms. The molecular weight excluding hydrogens is 310 g/mol. The van der Waals surface area contributed by atoms with Gasteiger partial charge in [-0.3, -0.25) is 4.99 Å². The number of hydrogen-bond donors (Lipinski definition) is 3. The molecule has 1 aliphatic carbocycles. The molecule has 1 saturated carbocycles. The van der Waals surface area contributed by atoms with Crippen molar-refractivity contribution in [3.8, 4) is 0 Å². The molecule has 0 atom stereocenters. The van der Waals surface area contributed by atoms with Crippen molar-refractivity contribution in [2.45, 2.75) is 58.3 Å². The van der Waals surface area contributed by atoms with Crippen LogP contribution in [0.2, 0.25) is 0 Å². The molecule has 0 saturated heterocycles. The first-order chi connectivity index (χ1) is 12.3. The standard InChI is InChI=1S/C21H35N3O/c1-2-22-20(23-16-9-12-19-10-5-3-6-11-19)24-18-21(15-17-25)13-7-4-8-14-21/h3,5-6,10-11,25H,2,4,7-9,12-18H2,1H3,(H2,22,23,24). The molecule has 2 rings (SSSR count). The van der Waals surface area contributed by atoms with Gasteiger partial charge in [-0.05, 0) is 50.0 Å². The van der Waals surface area contributed by atoms with Crippen molar-refractivity contribution in [2.75, 3.05) is 26.2 Å². The van der Waals surface area contributed by atoms with Crippen LogP contribution in [0.1, 0.15) is 57.4 Å². The maximum Gasteiger partial charge on any atom is 0.191 e. The Kier molecular flexibility index (Phi) is 8.81. The zero-order valence-corrected chi connectivity index (χ0v) is 15.8. The number of guanidine groups is 1. The average Bonchev–Trinajstić information content (AvgIpc) is 2.65. The summed E-state index contributed by atoms with van der Waals surface area (Å²) in [6, 6.07) is 10.6. The predicted molar refractivity (Wildman–Crippen MR) is 106 cm³/mol. The third-order valence-electron chi connectivity index (χ3n) is 5.25. The lowest BCUT2D eigenvalue weighted by Crippen LogP contribution is -2.39. The van der Waals surface area contributed by atoms with E-state index in [4.69, 9.17) is 4.99 Å². The normalized spacial score (nSPS) is 17.3. The fourth-order valence-electron chi connectivity index (χ4n) is 3.76. The zero-order valence-electron chi connectivity index (χ0n) is 15.8. The molecule has 4 nitrogen and oxygen atoms in total. The van der Waals surface area contributed by atoms with Crippen molar-refractivity contribution < 1.29 is 5.11 Å². The van der Waals surface area contributed by atoms with Crippen LogP contribution in [0.15, 0.2) is 35.3 Å². The maximum absolute atomic E-state index is 9.45. The second-order valence-electron chi connectivity index (χ2n) is 7.25. The number of aliphatic hydroxyl groups excluding tert-OH is 1. The predicted octanol–water partition coefficient (Wildman–Crippen LogP) is 3.51. The lowest BCUT2D eigenvalue weighted by atomic mass is 9.72. The molecule has 140 valence electrons. The van der Waals surface area contributed by atoms with E-state index in [1.54, 1.807) is 0 Å². The molecule has 0 amide bonds. The van der Waals surface area contributed by atoms with Crippen LogP contribution in [0.5, 0.6) is 0 Å². The first kappa shape index (κ1) is 19.8. The number of aryl methyl sites for hydroxylation is 1. The summed E-state index contributed by atoms with van der Waals surface area (Å²) in [5, 5.41) is 16.3. The summed E-state index contributed by atoms with van der Waals surface area (Å²) in [4.78, 5) is 4.86. The molecule has 0 unspecified atom stereocenters. The maximum atomic E-state index is 9.45. The second kappa shape index (κ2) is 11.1. The van der Waals surface area contributed by atoms with Crippen molar-refractivity contribution in [2.24, 2.45) is 10.4 Å². The summed E-state index contributed by atoms with van der Waals surface area (Å²) < 4.78 is 0. The molecular formula is C21H35N3O. The van der Waals surface area contributed by atoms with E-state index in [-0.39, 0.29) is 12.0 Å². The van der Waals surface area contributed by atoms with Gasteiger partial charge in [0.1, 0.15) is 0 Å². The molecule has 25 heavy (non-hydrogen) atoms. The van der Waals surface area contributed by atoms with Gasteiger partial charge in [0.05, 0.1) is 0 Å². The van der Waals surface area contributed by atoms with Crippen LogP contribution in [0.3, 0.4) is 0 Å². The van der Waals surface area contributed by atoms with Gasteiger partial charge in [0.25, 0.3) is 0 Å². The highest BCUT2D eigenvalue weighted by Crippen LogP contribution is 2.39. The summed E-state index contributed by atoms with van der Waals surface area (Å²) >= 11 is 0. The third-order valence-corrected chi connectivity index (χ3v) is 5.25. The Labute approximate surface area is 153 Å². The van der Waals surface area contributed by atoms with E-state index in [2.05, 4.69) is 47.9 Å². The number of nitrogens with one attached hydrogen (secondary N) is 2. The van der Waals surface area contributed by atoms with Crippen LogP contribution in [-0.2, 0) is 6.42 Å². The number of aliphatic hydroxyl groups is 1. The molecule has 1 fully saturated rings. The van der Waals surface area contributed by atoms with Crippen LogP contribution < -0.4 is 10.6 Å². The van der Waals surface area contributed by atoms with E-state index >= 15 is 0 Å². The molecule has 0 bridgehead atoms. The molecule has 1 aliphatic rings. The molecule has 3 N–H and O–H groups in total. The number of rotatable bonds is 9. The average molecular weight is 346 g/mol. The smallest absolute Gasteiger partial charge is 0.191 e. The number of aliphatic imine (C=N–C) groups is 1. The van der Waals surface area contributed by atoms with Crippen molar-refractivity contribution >= 4 is 5.96 Å². The number of hydrogen-bond acceptors (Lipinski definition) is 2. The van der Waals surface area contributed by atoms with E-state index in [1.165, 1.54) is 37.7 Å². The Morgan fingerprint density at radius 2 is 1.88 bits per heavy atom. The van der Waals surface area contributed by atoms with Gasteiger partial charge in [0.2, 0.25) is 0 Å². The fraction of sp³-hybridized carbons (Fsp3) is 0.667. The van der Waals surface area contributed by atoms with E-state index in [9.17, 15) is 5.11 Å². The number of benzene rings is 1. The van der Waals surface area contributed by atoms with Crippen molar-refractivity contribution in [1.29, 1.82) is 0 Å². The Morgan fingerprint density at radius 3 is 2.56 bits per heavy atom. The highest BCUT2D eigenvalue weighted by atomic mass is 16.3. The minimum Gasteiger partial charge on any atom is -0.396 e. The highest BCUT2D eigenvalue weighted by Gasteiger charge is 2.31. The molecule has 1 aromatic rings. The van der Waals surface area contributed by atoms with E-state index in [0.717, 1.165) is 44.9 Å². The van der Waals surface area contributed by atoms with E-state index < -0.39 is 0 Å². The first-order valence-electron chi connectivity index (χ1n) is 9.95. The quantitative estimate of drug-likeness (QED) is 0.365. The van der Waals surface area contributed by atoms with Crippen molar-refractivity contribution in [1.82, 2.24) is 10.6 Å². The molecule has 0 aromatic heterocycles. The summed E-state index contributed by atoms with van der Waals surface area (Å²) in [6.45, 7) is 4.99. The largest absolute Gasteiger partial charge is 0.396 e. The van der Waals surface area contributed by atoms with E-state index in [0.29, 0.717) is 0 Å². The summed E-state index contributed by atoms with van der Waals surface area (Å²) in [7, 11) is 0. The van der Waals surface area contributed by atoms with E-state index in [1.807, 2.05) is 0 Å². The van der Waals surface area contributed by atoms with Crippen LogP contribution in [-0.4, -0.2) is 37.3 Å². The molecule has 0 spiro atoms. The van der Waals surface area contributed by atoms with Crippen molar-refractivity contribution in [3.05, 3.63) is 35.9 Å². The van der Waals surface area contributed by atoms with Crippen LogP contribution >= 0.6 is 0 Å². The molecule has 0 heterocycles. The fourth-order valence-corrected chi connectivity index (χ4v) is 3.76. The Morgan fingerprint density at radius 1 is 1.12 bits per heavy atom. The monoisotopic (exact) mass is 345 g/mol. The third kappa shape index (κ3) is 7.07. The highest BCUT2D eigenvalue weighted by molar-refractivity contribution is 5.79. The van der Waals surface area contributed by atoms with Gasteiger partial charge in [-0.15, -0.1) is 0 Å². The molecule has 0 radical (unpaired) electrons. The number of nitrogens with zero attached hydrogens (tertiary/aromatic N) is 1. The van der Waals surface area contributed by atoms with Crippen LogP contribution in [0.25, 0.3) is 0 Å². The zero-order chi connectivity index (χ0) is 17.8. The van der Waals surface area contributed by atoms with Crippen LogP contribution in [0.4, 0.5) is 0 Å². The van der Waals surface area contributed by atoms with Crippen molar-refractivity contribution in [3.63, 3.8) is 0 Å². The minimum atomic E-state index is 0.208. The molecule has 0 aliphatic heterocycles.